The normalized spacial score (nSPS) is 11.4. The van der Waals surface area contributed by atoms with E-state index >= 15 is 0 Å². The van der Waals surface area contributed by atoms with Gasteiger partial charge in [0.05, 0.1) is 9.85 Å². The Labute approximate surface area is 366 Å². The van der Waals surface area contributed by atoms with Gasteiger partial charge < -0.3 is 0 Å². The van der Waals surface area contributed by atoms with Crippen LogP contribution in [0.2, 0.25) is 0 Å². The van der Waals surface area contributed by atoms with E-state index in [0.717, 1.165) is 60.8 Å². The number of non-ortho nitro benzene ring substituents is 2. The van der Waals surface area contributed by atoms with E-state index in [2.05, 4.69) is 26.8 Å². The number of hydrogen-bond donors (Lipinski definition) is 0. The minimum atomic E-state index is -0.294. The number of benzene rings is 3. The van der Waals surface area contributed by atoms with Crippen molar-refractivity contribution in [2.75, 3.05) is 0 Å². The molecule has 0 bridgehead atoms. The molecule has 0 saturated heterocycles. The SMILES string of the molecule is CCCCCCCCCCCCc1c(-c2cccc([N+](=O)[O-])c2)cc(-c2cccc([N+](=O)[O-])c2)c(CCCCCCCCCCCC)c1CCCCCCCCCCCC. The minimum Gasteiger partial charge on any atom is -0.258 e. The molecule has 3 rings (SSSR count). The van der Waals surface area contributed by atoms with E-state index in [1.165, 1.54) is 190 Å². The maximum atomic E-state index is 12.1. The third-order valence-corrected chi connectivity index (χ3v) is 12.7. The Bertz CT molecular complexity index is 1510. The Kier molecular flexibility index (Phi) is 27.3. The molecule has 0 radical (unpaired) electrons. The molecule has 0 amide bonds. The van der Waals surface area contributed by atoms with Gasteiger partial charge in [0.2, 0.25) is 0 Å². The van der Waals surface area contributed by atoms with Gasteiger partial charge in [-0.25, -0.2) is 0 Å². The summed E-state index contributed by atoms with van der Waals surface area (Å²) in [5, 5.41) is 24.2. The van der Waals surface area contributed by atoms with Gasteiger partial charge >= 0.3 is 0 Å². The zero-order chi connectivity index (χ0) is 43.0. The number of nitro benzene ring substituents is 2. The fourth-order valence-corrected chi connectivity index (χ4v) is 9.16. The van der Waals surface area contributed by atoms with Crippen LogP contribution in [0.4, 0.5) is 11.4 Å². The second-order valence-electron chi connectivity index (χ2n) is 17.8. The van der Waals surface area contributed by atoms with E-state index < -0.39 is 0 Å². The molecular formula is C54H84N2O4. The Balaban J connectivity index is 1.99. The summed E-state index contributed by atoms with van der Waals surface area (Å²) in [5.41, 5.74) is 8.16. The van der Waals surface area contributed by atoms with Crippen molar-refractivity contribution in [1.29, 1.82) is 0 Å². The van der Waals surface area contributed by atoms with Crippen LogP contribution in [0.3, 0.4) is 0 Å². The number of rotatable bonds is 37. The Hall–Kier alpha value is -3.54. The summed E-state index contributed by atoms with van der Waals surface area (Å²) < 4.78 is 0. The van der Waals surface area contributed by atoms with Gasteiger partial charge in [-0.1, -0.05) is 218 Å². The molecule has 0 N–H and O–H groups in total. The summed E-state index contributed by atoms with van der Waals surface area (Å²) in [6.45, 7) is 6.82. The molecule has 0 atom stereocenters. The van der Waals surface area contributed by atoms with E-state index in [9.17, 15) is 20.2 Å². The highest BCUT2D eigenvalue weighted by Gasteiger charge is 2.22. The monoisotopic (exact) mass is 825 g/mol. The molecule has 0 aromatic heterocycles. The third kappa shape index (κ3) is 19.9. The summed E-state index contributed by atoms with van der Waals surface area (Å²) in [4.78, 5) is 23.6. The third-order valence-electron chi connectivity index (χ3n) is 12.7. The molecule has 0 heterocycles. The summed E-state index contributed by atoms with van der Waals surface area (Å²) in [6, 6.07) is 16.5. The molecule has 0 aliphatic carbocycles. The van der Waals surface area contributed by atoms with Crippen LogP contribution in [-0.4, -0.2) is 9.85 Å². The Morgan fingerprint density at radius 1 is 0.350 bits per heavy atom. The Morgan fingerprint density at radius 3 is 0.900 bits per heavy atom. The average Bonchev–Trinajstić information content (AvgIpc) is 3.26. The largest absolute Gasteiger partial charge is 0.270 e. The molecule has 6 heteroatoms. The van der Waals surface area contributed by atoms with Gasteiger partial charge in [0, 0.05) is 24.3 Å². The molecule has 3 aromatic rings. The average molecular weight is 825 g/mol. The summed E-state index contributed by atoms with van der Waals surface area (Å²) in [6.07, 6.45) is 41.2. The molecule has 60 heavy (non-hydrogen) atoms. The van der Waals surface area contributed by atoms with E-state index in [1.54, 1.807) is 24.3 Å². The predicted octanol–water partition coefficient (Wildman–Crippen LogP) is 18.2. The molecule has 6 nitrogen and oxygen atoms in total. The summed E-state index contributed by atoms with van der Waals surface area (Å²) >= 11 is 0. The van der Waals surface area contributed by atoms with Crippen LogP contribution in [0.15, 0.2) is 54.6 Å². The quantitative estimate of drug-likeness (QED) is 0.0329. The lowest BCUT2D eigenvalue weighted by atomic mass is 9.80. The van der Waals surface area contributed by atoms with E-state index in [-0.39, 0.29) is 21.2 Å². The van der Waals surface area contributed by atoms with Crippen molar-refractivity contribution >= 4 is 11.4 Å². The number of unbranched alkanes of at least 4 members (excludes halogenated alkanes) is 27. The maximum Gasteiger partial charge on any atom is 0.270 e. The van der Waals surface area contributed by atoms with Gasteiger partial charge in [-0.2, -0.15) is 0 Å². The highest BCUT2D eigenvalue weighted by atomic mass is 16.6. The number of nitro groups is 2. The number of nitrogens with zero attached hydrogens (tertiary/aromatic N) is 2. The van der Waals surface area contributed by atoms with Crippen molar-refractivity contribution in [3.05, 3.63) is 91.5 Å². The van der Waals surface area contributed by atoms with E-state index in [1.807, 2.05) is 24.3 Å². The molecule has 0 saturated carbocycles. The molecular weight excluding hydrogens is 741 g/mol. The first-order valence-corrected chi connectivity index (χ1v) is 25.1. The first-order valence-electron chi connectivity index (χ1n) is 25.1. The van der Waals surface area contributed by atoms with Gasteiger partial charge in [0.1, 0.15) is 0 Å². The molecule has 0 spiro atoms. The molecule has 0 aliphatic heterocycles. The fourth-order valence-electron chi connectivity index (χ4n) is 9.16. The fraction of sp³-hybridized carbons (Fsp3) is 0.667. The topological polar surface area (TPSA) is 86.3 Å². The number of hydrogen-bond acceptors (Lipinski definition) is 4. The lowest BCUT2D eigenvalue weighted by molar-refractivity contribution is -0.385. The van der Waals surface area contributed by atoms with Gasteiger partial charge in [-0.15, -0.1) is 0 Å². The highest BCUT2D eigenvalue weighted by molar-refractivity contribution is 5.81. The lowest BCUT2D eigenvalue weighted by Gasteiger charge is -2.24. The van der Waals surface area contributed by atoms with Crippen LogP contribution in [0.1, 0.15) is 230 Å². The zero-order valence-corrected chi connectivity index (χ0v) is 38.6. The molecule has 334 valence electrons. The Morgan fingerprint density at radius 2 is 0.617 bits per heavy atom. The summed E-state index contributed by atoms with van der Waals surface area (Å²) in [5.74, 6) is 0. The van der Waals surface area contributed by atoms with Gasteiger partial charge in [-0.3, -0.25) is 20.2 Å². The zero-order valence-electron chi connectivity index (χ0n) is 38.6. The lowest BCUT2D eigenvalue weighted by Crippen LogP contribution is -2.07. The van der Waals surface area contributed by atoms with Crippen LogP contribution < -0.4 is 0 Å². The molecule has 0 aliphatic rings. The second-order valence-corrected chi connectivity index (χ2v) is 17.8. The maximum absolute atomic E-state index is 12.1. The van der Waals surface area contributed by atoms with Crippen molar-refractivity contribution < 1.29 is 9.85 Å². The van der Waals surface area contributed by atoms with Crippen LogP contribution in [-0.2, 0) is 19.3 Å². The molecule has 0 fully saturated rings. The van der Waals surface area contributed by atoms with E-state index in [0.29, 0.717) is 0 Å². The van der Waals surface area contributed by atoms with Gasteiger partial charge in [0.25, 0.3) is 11.4 Å². The summed E-state index contributed by atoms with van der Waals surface area (Å²) in [7, 11) is 0. The first kappa shape index (κ1) is 50.8. The van der Waals surface area contributed by atoms with Crippen molar-refractivity contribution in [2.45, 2.75) is 233 Å². The van der Waals surface area contributed by atoms with Crippen molar-refractivity contribution in [3.8, 4) is 22.3 Å². The standard InChI is InChI=1S/C54H84N2O4/c1-4-7-10-13-16-19-22-25-28-31-40-50-51(41-32-29-26-23-20-17-14-11-8-5-2)53(46-36-34-38-48(43-46)55(57)58)45-54(47-37-35-39-49(44-47)56(59)60)52(50)42-33-30-27-24-21-18-15-12-9-6-3/h34-39,43-45H,4-33,40-42H2,1-3H3. The van der Waals surface area contributed by atoms with Crippen molar-refractivity contribution in [2.24, 2.45) is 0 Å². The van der Waals surface area contributed by atoms with Crippen molar-refractivity contribution in [1.82, 2.24) is 0 Å². The smallest absolute Gasteiger partial charge is 0.258 e. The molecule has 0 unspecified atom stereocenters. The van der Waals surface area contributed by atoms with Crippen LogP contribution in [0.25, 0.3) is 22.3 Å². The van der Waals surface area contributed by atoms with Crippen molar-refractivity contribution in [3.63, 3.8) is 0 Å². The van der Waals surface area contributed by atoms with E-state index in [4.69, 9.17) is 0 Å². The van der Waals surface area contributed by atoms with Crippen LogP contribution in [0, 0.1) is 20.2 Å². The van der Waals surface area contributed by atoms with Gasteiger partial charge in [0.15, 0.2) is 0 Å². The van der Waals surface area contributed by atoms with Crippen LogP contribution >= 0.6 is 0 Å². The van der Waals surface area contributed by atoms with Crippen LogP contribution in [0.5, 0.6) is 0 Å². The predicted molar refractivity (Wildman–Crippen MR) is 257 cm³/mol. The highest BCUT2D eigenvalue weighted by Crippen LogP contribution is 2.40. The van der Waals surface area contributed by atoms with Gasteiger partial charge in [-0.05, 0) is 83.5 Å². The first-order chi connectivity index (χ1) is 29.4. The second kappa shape index (κ2) is 32.2. The molecule has 3 aromatic carbocycles. The minimum absolute atomic E-state index is 0.0972.